The van der Waals surface area contributed by atoms with E-state index < -0.39 is 0 Å². The van der Waals surface area contributed by atoms with E-state index in [-0.39, 0.29) is 0 Å². The summed E-state index contributed by atoms with van der Waals surface area (Å²) in [5, 5.41) is 8.32. The fourth-order valence-electron chi connectivity index (χ4n) is 1.60. The maximum atomic E-state index is 6.09. The number of aromatic nitrogens is 2. The average molecular weight is 278 g/mol. The zero-order valence-electron chi connectivity index (χ0n) is 9.13. The van der Waals surface area contributed by atoms with Gasteiger partial charge in [-0.3, -0.25) is 0 Å². The Hall–Kier alpha value is -1.85. The quantitative estimate of drug-likeness (QED) is 0.725. The molecule has 4 nitrogen and oxygen atoms in total. The van der Waals surface area contributed by atoms with E-state index in [4.69, 9.17) is 21.9 Å². The molecule has 0 unspecified atom stereocenters. The second-order valence-corrected chi connectivity index (χ2v) is 4.83. The first-order valence-corrected chi connectivity index (χ1v) is 6.48. The van der Waals surface area contributed by atoms with Crippen LogP contribution in [0, 0.1) is 0 Å². The van der Waals surface area contributed by atoms with E-state index in [0.29, 0.717) is 28.0 Å². The Labute approximate surface area is 112 Å². The number of hydrogen-bond acceptors (Lipinski definition) is 5. The van der Waals surface area contributed by atoms with Gasteiger partial charge in [0, 0.05) is 16.6 Å². The number of anilines is 1. The summed E-state index contributed by atoms with van der Waals surface area (Å²) in [5.74, 6) is 0.866. The van der Waals surface area contributed by atoms with E-state index in [9.17, 15) is 0 Å². The van der Waals surface area contributed by atoms with Crippen LogP contribution in [0.4, 0.5) is 5.69 Å². The lowest BCUT2D eigenvalue weighted by Gasteiger charge is -2.01. The van der Waals surface area contributed by atoms with Crippen molar-refractivity contribution in [2.24, 2.45) is 0 Å². The second-order valence-electron chi connectivity index (χ2n) is 3.64. The van der Waals surface area contributed by atoms with Crippen molar-refractivity contribution >= 4 is 28.6 Å². The SMILES string of the molecule is Nc1cccc(Cl)c1-c1nc(-c2ccsc2)no1. The smallest absolute Gasteiger partial charge is 0.261 e. The molecule has 6 heteroatoms. The first-order chi connectivity index (χ1) is 8.75. The number of halogens is 1. The number of rotatable bonds is 2. The molecule has 2 aromatic heterocycles. The molecule has 0 aliphatic carbocycles. The molecule has 3 aromatic rings. The highest BCUT2D eigenvalue weighted by Crippen LogP contribution is 2.33. The van der Waals surface area contributed by atoms with E-state index >= 15 is 0 Å². The summed E-state index contributed by atoms with van der Waals surface area (Å²) in [6.45, 7) is 0. The van der Waals surface area contributed by atoms with Gasteiger partial charge in [-0.25, -0.2) is 0 Å². The van der Waals surface area contributed by atoms with Gasteiger partial charge in [0.05, 0.1) is 10.6 Å². The molecule has 2 heterocycles. The first kappa shape index (κ1) is 11.3. The standard InChI is InChI=1S/C12H8ClN3OS/c13-8-2-1-3-9(14)10(8)12-15-11(16-17-12)7-4-5-18-6-7/h1-6H,14H2. The van der Waals surface area contributed by atoms with E-state index in [1.165, 1.54) is 0 Å². The second kappa shape index (κ2) is 4.44. The molecular weight excluding hydrogens is 270 g/mol. The summed E-state index contributed by atoms with van der Waals surface area (Å²) in [6, 6.07) is 7.18. The first-order valence-electron chi connectivity index (χ1n) is 5.16. The van der Waals surface area contributed by atoms with Crippen molar-refractivity contribution in [1.82, 2.24) is 10.1 Å². The molecule has 0 radical (unpaired) electrons. The largest absolute Gasteiger partial charge is 0.398 e. The van der Waals surface area contributed by atoms with Crippen molar-refractivity contribution in [3.05, 3.63) is 40.0 Å². The molecule has 0 spiro atoms. The summed E-state index contributed by atoms with van der Waals surface area (Å²) in [5.41, 5.74) is 7.88. The molecule has 2 N–H and O–H groups in total. The molecule has 0 saturated carbocycles. The van der Waals surface area contributed by atoms with Crippen LogP contribution in [0.25, 0.3) is 22.8 Å². The highest BCUT2D eigenvalue weighted by molar-refractivity contribution is 7.08. The van der Waals surface area contributed by atoms with Gasteiger partial charge in [-0.15, -0.1) is 0 Å². The van der Waals surface area contributed by atoms with Crippen molar-refractivity contribution in [2.75, 3.05) is 5.73 Å². The summed E-state index contributed by atoms with van der Waals surface area (Å²) in [7, 11) is 0. The predicted octanol–water partition coefficient (Wildman–Crippen LogP) is 3.70. The Kier molecular flexibility index (Phi) is 2.77. The van der Waals surface area contributed by atoms with E-state index in [1.54, 1.807) is 29.5 Å². The minimum atomic E-state index is 0.333. The summed E-state index contributed by atoms with van der Waals surface area (Å²) in [6.07, 6.45) is 0. The van der Waals surface area contributed by atoms with Crippen molar-refractivity contribution in [1.29, 1.82) is 0 Å². The van der Waals surface area contributed by atoms with Gasteiger partial charge in [-0.2, -0.15) is 16.3 Å². The number of nitrogens with two attached hydrogens (primary N) is 1. The molecule has 0 amide bonds. The third kappa shape index (κ3) is 1.87. The van der Waals surface area contributed by atoms with Gasteiger partial charge in [0.25, 0.3) is 5.89 Å². The van der Waals surface area contributed by atoms with Crippen molar-refractivity contribution in [3.63, 3.8) is 0 Å². The minimum Gasteiger partial charge on any atom is -0.398 e. The maximum absolute atomic E-state index is 6.09. The fraction of sp³-hybridized carbons (Fsp3) is 0. The highest BCUT2D eigenvalue weighted by atomic mass is 35.5. The minimum absolute atomic E-state index is 0.333. The molecule has 3 rings (SSSR count). The number of nitrogens with zero attached hydrogens (tertiary/aromatic N) is 2. The molecule has 0 bridgehead atoms. The Morgan fingerprint density at radius 2 is 2.17 bits per heavy atom. The maximum Gasteiger partial charge on any atom is 0.261 e. The molecular formula is C12H8ClN3OS. The number of thiophene rings is 1. The van der Waals surface area contributed by atoms with Gasteiger partial charge in [0.2, 0.25) is 5.82 Å². The molecule has 90 valence electrons. The number of nitrogen functional groups attached to an aromatic ring is 1. The molecule has 0 aliphatic rings. The van der Waals surface area contributed by atoms with Crippen molar-refractivity contribution < 1.29 is 4.52 Å². The molecule has 0 aliphatic heterocycles. The van der Waals surface area contributed by atoms with Gasteiger partial charge in [0.15, 0.2) is 0 Å². The van der Waals surface area contributed by atoms with Crippen LogP contribution in [0.15, 0.2) is 39.5 Å². The number of hydrogen-bond donors (Lipinski definition) is 1. The lowest BCUT2D eigenvalue weighted by molar-refractivity contribution is 0.432. The van der Waals surface area contributed by atoms with Crippen LogP contribution in [-0.2, 0) is 0 Å². The van der Waals surface area contributed by atoms with Gasteiger partial charge in [-0.05, 0) is 23.6 Å². The molecule has 1 aromatic carbocycles. The third-order valence-electron chi connectivity index (χ3n) is 2.47. The summed E-state index contributed by atoms with van der Waals surface area (Å²) < 4.78 is 5.22. The van der Waals surface area contributed by atoms with Crippen molar-refractivity contribution in [3.8, 4) is 22.8 Å². The van der Waals surface area contributed by atoms with Crippen LogP contribution in [-0.4, -0.2) is 10.1 Å². The lowest BCUT2D eigenvalue weighted by atomic mass is 10.2. The highest BCUT2D eigenvalue weighted by Gasteiger charge is 2.16. The van der Waals surface area contributed by atoms with Crippen LogP contribution < -0.4 is 5.73 Å². The lowest BCUT2D eigenvalue weighted by Crippen LogP contribution is -1.90. The molecule has 18 heavy (non-hydrogen) atoms. The third-order valence-corrected chi connectivity index (χ3v) is 3.46. The van der Waals surface area contributed by atoms with Crippen LogP contribution in [0.5, 0.6) is 0 Å². The van der Waals surface area contributed by atoms with Gasteiger partial charge in [0.1, 0.15) is 0 Å². The average Bonchev–Trinajstić information content (AvgIpc) is 2.99. The summed E-state index contributed by atoms with van der Waals surface area (Å²) in [4.78, 5) is 4.31. The summed E-state index contributed by atoms with van der Waals surface area (Å²) >= 11 is 7.67. The van der Waals surface area contributed by atoms with Gasteiger partial charge in [-0.1, -0.05) is 22.8 Å². The monoisotopic (exact) mass is 277 g/mol. The Morgan fingerprint density at radius 1 is 1.28 bits per heavy atom. The van der Waals surface area contributed by atoms with Crippen LogP contribution >= 0.6 is 22.9 Å². The fourth-order valence-corrected chi connectivity index (χ4v) is 2.50. The van der Waals surface area contributed by atoms with E-state index in [1.807, 2.05) is 16.8 Å². The van der Waals surface area contributed by atoms with Gasteiger partial charge >= 0.3 is 0 Å². The number of benzene rings is 1. The topological polar surface area (TPSA) is 64.9 Å². The van der Waals surface area contributed by atoms with E-state index in [2.05, 4.69) is 10.1 Å². The normalized spacial score (nSPS) is 10.7. The van der Waals surface area contributed by atoms with Crippen molar-refractivity contribution in [2.45, 2.75) is 0 Å². The van der Waals surface area contributed by atoms with Gasteiger partial charge < -0.3 is 10.3 Å². The Morgan fingerprint density at radius 3 is 2.89 bits per heavy atom. The Bertz CT molecular complexity index is 658. The van der Waals surface area contributed by atoms with E-state index in [0.717, 1.165) is 5.56 Å². The molecule has 0 atom stereocenters. The molecule has 0 fully saturated rings. The van der Waals surface area contributed by atoms with Crippen LogP contribution in [0.2, 0.25) is 5.02 Å². The zero-order valence-corrected chi connectivity index (χ0v) is 10.7. The van der Waals surface area contributed by atoms with Crippen LogP contribution in [0.1, 0.15) is 0 Å². The molecule has 0 saturated heterocycles. The predicted molar refractivity (Wildman–Crippen MR) is 72.5 cm³/mol. The van der Waals surface area contributed by atoms with Crippen LogP contribution in [0.3, 0.4) is 0 Å². The zero-order chi connectivity index (χ0) is 12.5. The Balaban J connectivity index is 2.09.